The Bertz CT molecular complexity index is 251. The Kier molecular flexibility index (Phi) is 2.42. The Morgan fingerprint density at radius 1 is 1.67 bits per heavy atom. The van der Waals surface area contributed by atoms with Gasteiger partial charge in [0, 0.05) is 23.5 Å². The summed E-state index contributed by atoms with van der Waals surface area (Å²) in [4.78, 5) is 5.75. The maximum atomic E-state index is 4.42. The van der Waals surface area contributed by atoms with E-state index in [9.17, 15) is 0 Å². The average molecular weight is 182 g/mol. The second kappa shape index (κ2) is 3.54. The van der Waals surface area contributed by atoms with Crippen molar-refractivity contribution in [1.82, 2.24) is 10.3 Å². The van der Waals surface area contributed by atoms with Gasteiger partial charge >= 0.3 is 0 Å². The van der Waals surface area contributed by atoms with Gasteiger partial charge in [0.2, 0.25) is 0 Å². The van der Waals surface area contributed by atoms with Crippen molar-refractivity contribution in [3.63, 3.8) is 0 Å². The highest BCUT2D eigenvalue weighted by molar-refractivity contribution is 7.11. The Labute approximate surface area is 77.0 Å². The summed E-state index contributed by atoms with van der Waals surface area (Å²) in [6.45, 7) is 4.42. The third-order valence-electron chi connectivity index (χ3n) is 2.29. The van der Waals surface area contributed by atoms with Crippen LogP contribution in [0.5, 0.6) is 0 Å². The third kappa shape index (κ3) is 1.67. The smallest absolute Gasteiger partial charge is 0.0971 e. The highest BCUT2D eigenvalue weighted by Crippen LogP contribution is 2.26. The molecule has 0 amide bonds. The fourth-order valence-corrected chi connectivity index (χ4v) is 2.53. The van der Waals surface area contributed by atoms with Crippen molar-refractivity contribution in [2.45, 2.75) is 25.7 Å². The van der Waals surface area contributed by atoms with Crippen molar-refractivity contribution in [1.29, 1.82) is 0 Å². The van der Waals surface area contributed by atoms with Crippen LogP contribution in [0.2, 0.25) is 0 Å². The molecule has 1 saturated heterocycles. The van der Waals surface area contributed by atoms with Crippen LogP contribution in [0, 0.1) is 6.92 Å². The molecule has 0 spiro atoms. The van der Waals surface area contributed by atoms with E-state index in [4.69, 9.17) is 0 Å². The van der Waals surface area contributed by atoms with Gasteiger partial charge in [-0.1, -0.05) is 0 Å². The van der Waals surface area contributed by atoms with Crippen molar-refractivity contribution >= 4 is 11.3 Å². The van der Waals surface area contributed by atoms with Crippen molar-refractivity contribution in [2.75, 3.05) is 13.1 Å². The van der Waals surface area contributed by atoms with Gasteiger partial charge in [-0.25, -0.2) is 4.98 Å². The van der Waals surface area contributed by atoms with E-state index < -0.39 is 0 Å². The lowest BCUT2D eigenvalue weighted by Crippen LogP contribution is -2.28. The van der Waals surface area contributed by atoms with Crippen LogP contribution in [-0.2, 0) is 0 Å². The molecule has 0 saturated carbocycles. The van der Waals surface area contributed by atoms with Crippen molar-refractivity contribution in [2.24, 2.45) is 0 Å². The Morgan fingerprint density at radius 3 is 3.17 bits per heavy atom. The summed E-state index contributed by atoms with van der Waals surface area (Å²) < 4.78 is 0. The fraction of sp³-hybridized carbons (Fsp3) is 0.667. The molecule has 1 aliphatic rings. The van der Waals surface area contributed by atoms with E-state index in [0.717, 1.165) is 6.54 Å². The quantitative estimate of drug-likeness (QED) is 0.717. The molecule has 2 heterocycles. The molecule has 0 unspecified atom stereocenters. The number of rotatable bonds is 1. The molecule has 3 heteroatoms. The molecule has 1 aromatic rings. The van der Waals surface area contributed by atoms with Crippen molar-refractivity contribution in [3.8, 4) is 0 Å². The van der Waals surface area contributed by atoms with Crippen LogP contribution in [0.25, 0.3) is 0 Å². The van der Waals surface area contributed by atoms with E-state index in [1.807, 2.05) is 17.5 Å². The predicted molar refractivity (Wildman–Crippen MR) is 51.7 cm³/mol. The molecule has 0 aromatic carbocycles. The summed E-state index contributed by atoms with van der Waals surface area (Å²) in [5.41, 5.74) is 0. The largest absolute Gasteiger partial charge is 0.316 e. The first-order chi connectivity index (χ1) is 5.86. The summed E-state index contributed by atoms with van der Waals surface area (Å²) in [6, 6.07) is 0. The standard InChI is InChI=1S/C9H14N2S/c1-7-5-11-9(12-7)8-3-2-4-10-6-8/h5,8,10H,2-4,6H2,1H3/t8-/m1/s1. The van der Waals surface area contributed by atoms with Crippen LogP contribution in [0.3, 0.4) is 0 Å². The molecular weight excluding hydrogens is 168 g/mol. The maximum Gasteiger partial charge on any atom is 0.0971 e. The fourth-order valence-electron chi connectivity index (χ4n) is 1.62. The third-order valence-corrected chi connectivity index (χ3v) is 3.36. The normalized spacial score (nSPS) is 24.2. The zero-order valence-electron chi connectivity index (χ0n) is 7.34. The van der Waals surface area contributed by atoms with Gasteiger partial charge in [0.05, 0.1) is 5.01 Å². The monoisotopic (exact) mass is 182 g/mol. The first-order valence-corrected chi connectivity index (χ1v) is 5.31. The number of piperidine rings is 1. The molecular formula is C9H14N2S. The van der Waals surface area contributed by atoms with Crippen LogP contribution >= 0.6 is 11.3 Å². The number of aromatic nitrogens is 1. The number of hydrogen-bond acceptors (Lipinski definition) is 3. The highest BCUT2D eigenvalue weighted by Gasteiger charge is 2.17. The molecule has 1 atom stereocenters. The van der Waals surface area contributed by atoms with Gasteiger partial charge in [0.15, 0.2) is 0 Å². The SMILES string of the molecule is Cc1cnc([C@@H]2CCCNC2)s1. The van der Waals surface area contributed by atoms with E-state index in [2.05, 4.69) is 17.2 Å². The van der Waals surface area contributed by atoms with E-state index in [1.165, 1.54) is 29.3 Å². The van der Waals surface area contributed by atoms with Crippen molar-refractivity contribution in [3.05, 3.63) is 16.1 Å². The van der Waals surface area contributed by atoms with Gasteiger partial charge in [-0.05, 0) is 26.3 Å². The first-order valence-electron chi connectivity index (χ1n) is 4.49. The first kappa shape index (κ1) is 8.20. The van der Waals surface area contributed by atoms with Gasteiger partial charge in [-0.3, -0.25) is 0 Å². The number of nitrogens with zero attached hydrogens (tertiary/aromatic N) is 1. The molecule has 12 heavy (non-hydrogen) atoms. The predicted octanol–water partition coefficient (Wildman–Crippen LogP) is 1.92. The molecule has 0 bridgehead atoms. The average Bonchev–Trinajstić information content (AvgIpc) is 2.54. The van der Waals surface area contributed by atoms with Crippen LogP contribution < -0.4 is 5.32 Å². The van der Waals surface area contributed by atoms with E-state index in [-0.39, 0.29) is 0 Å². The minimum Gasteiger partial charge on any atom is -0.316 e. The molecule has 1 aliphatic heterocycles. The molecule has 0 radical (unpaired) electrons. The maximum absolute atomic E-state index is 4.42. The van der Waals surface area contributed by atoms with E-state index in [1.54, 1.807) is 0 Å². The van der Waals surface area contributed by atoms with Crippen LogP contribution in [0.1, 0.15) is 28.6 Å². The Hall–Kier alpha value is -0.410. The molecule has 1 N–H and O–H groups in total. The topological polar surface area (TPSA) is 24.9 Å². The van der Waals surface area contributed by atoms with E-state index >= 15 is 0 Å². The molecule has 1 aromatic heterocycles. The molecule has 1 fully saturated rings. The summed E-state index contributed by atoms with van der Waals surface area (Å²) in [5, 5.41) is 4.73. The van der Waals surface area contributed by atoms with Crippen LogP contribution in [0.15, 0.2) is 6.20 Å². The van der Waals surface area contributed by atoms with Gasteiger partial charge in [-0.2, -0.15) is 0 Å². The highest BCUT2D eigenvalue weighted by atomic mass is 32.1. The lowest BCUT2D eigenvalue weighted by atomic mass is 10.0. The molecule has 0 aliphatic carbocycles. The molecule has 2 rings (SSSR count). The Morgan fingerprint density at radius 2 is 2.58 bits per heavy atom. The summed E-state index contributed by atoms with van der Waals surface area (Å²) in [7, 11) is 0. The van der Waals surface area contributed by atoms with Gasteiger partial charge in [0.25, 0.3) is 0 Å². The van der Waals surface area contributed by atoms with Gasteiger partial charge in [0.1, 0.15) is 0 Å². The molecule has 2 nitrogen and oxygen atoms in total. The second-order valence-electron chi connectivity index (χ2n) is 3.35. The number of thiazole rings is 1. The van der Waals surface area contributed by atoms with Crippen molar-refractivity contribution < 1.29 is 0 Å². The lowest BCUT2D eigenvalue weighted by Gasteiger charge is -2.20. The summed E-state index contributed by atoms with van der Waals surface area (Å²) >= 11 is 1.84. The number of nitrogens with one attached hydrogen (secondary N) is 1. The van der Waals surface area contributed by atoms with Gasteiger partial charge in [-0.15, -0.1) is 11.3 Å². The minimum absolute atomic E-state index is 0.678. The Balaban J connectivity index is 2.08. The summed E-state index contributed by atoms with van der Waals surface area (Å²) in [5.74, 6) is 0.678. The minimum atomic E-state index is 0.678. The molecule has 66 valence electrons. The lowest BCUT2D eigenvalue weighted by molar-refractivity contribution is 0.460. The number of aryl methyl sites for hydroxylation is 1. The van der Waals surface area contributed by atoms with E-state index in [0.29, 0.717) is 5.92 Å². The summed E-state index contributed by atoms with van der Waals surface area (Å²) in [6.07, 6.45) is 4.58. The second-order valence-corrected chi connectivity index (χ2v) is 4.62. The zero-order chi connectivity index (χ0) is 8.39. The van der Waals surface area contributed by atoms with Crippen LogP contribution in [-0.4, -0.2) is 18.1 Å². The number of hydrogen-bond donors (Lipinski definition) is 1. The zero-order valence-corrected chi connectivity index (χ0v) is 8.16. The van der Waals surface area contributed by atoms with Gasteiger partial charge < -0.3 is 5.32 Å². The van der Waals surface area contributed by atoms with Crippen LogP contribution in [0.4, 0.5) is 0 Å².